The van der Waals surface area contributed by atoms with Crippen LogP contribution in [0.3, 0.4) is 0 Å². The molecule has 0 saturated heterocycles. The molecule has 5 nitrogen and oxygen atoms in total. The third-order valence-electron chi connectivity index (χ3n) is 4.25. The third-order valence-corrected chi connectivity index (χ3v) is 6.10. The highest BCUT2D eigenvalue weighted by atomic mass is 32.2. The molecule has 2 rings (SSSR count). The van der Waals surface area contributed by atoms with Crippen LogP contribution in [0.5, 0.6) is 0 Å². The number of carbonyl (C=O) groups is 1. The predicted molar refractivity (Wildman–Crippen MR) is 99.9 cm³/mol. The van der Waals surface area contributed by atoms with Crippen molar-refractivity contribution in [3.05, 3.63) is 60.2 Å². The number of nitrogens with two attached hydrogens (primary N) is 1. The first kappa shape index (κ1) is 19.0. The number of rotatable bonds is 8. The molecule has 0 aromatic heterocycles. The SMILES string of the molecule is CCC(C)c1ccc(S(=O)(=O)N(CCC(N)=O)c2ccccc2)cc1. The third kappa shape index (κ3) is 4.60. The Morgan fingerprint density at radius 2 is 1.68 bits per heavy atom. The van der Waals surface area contributed by atoms with Crippen LogP contribution in [0.4, 0.5) is 5.69 Å². The van der Waals surface area contributed by atoms with Gasteiger partial charge < -0.3 is 5.73 Å². The predicted octanol–water partition coefficient (Wildman–Crippen LogP) is 3.27. The Morgan fingerprint density at radius 1 is 1.08 bits per heavy atom. The minimum absolute atomic E-state index is 0.00872. The van der Waals surface area contributed by atoms with E-state index >= 15 is 0 Å². The minimum atomic E-state index is -3.77. The molecular formula is C19H24N2O3S. The number of primary amides is 1. The summed E-state index contributed by atoms with van der Waals surface area (Å²) in [5, 5.41) is 0. The summed E-state index contributed by atoms with van der Waals surface area (Å²) in [5.74, 6) is -0.167. The summed E-state index contributed by atoms with van der Waals surface area (Å²) in [7, 11) is -3.77. The van der Waals surface area contributed by atoms with Crippen LogP contribution in [0.25, 0.3) is 0 Å². The van der Waals surface area contributed by atoms with Crippen LogP contribution >= 0.6 is 0 Å². The lowest BCUT2D eigenvalue weighted by Crippen LogP contribution is -2.34. The first-order chi connectivity index (χ1) is 11.9. The summed E-state index contributed by atoms with van der Waals surface area (Å²) in [6.45, 7) is 4.21. The molecule has 0 saturated carbocycles. The second-order valence-corrected chi connectivity index (χ2v) is 7.87. The van der Waals surface area contributed by atoms with E-state index in [1.807, 2.05) is 18.2 Å². The topological polar surface area (TPSA) is 80.5 Å². The Labute approximate surface area is 149 Å². The zero-order valence-corrected chi connectivity index (χ0v) is 15.4. The lowest BCUT2D eigenvalue weighted by atomic mass is 9.99. The molecule has 1 amide bonds. The average molecular weight is 360 g/mol. The van der Waals surface area contributed by atoms with Crippen molar-refractivity contribution < 1.29 is 13.2 Å². The Kier molecular flexibility index (Phi) is 6.20. The number of sulfonamides is 1. The van der Waals surface area contributed by atoms with Crippen molar-refractivity contribution in [2.75, 3.05) is 10.8 Å². The Hall–Kier alpha value is -2.34. The second-order valence-electron chi connectivity index (χ2n) is 6.01. The standard InChI is InChI=1S/C19H24N2O3S/c1-3-15(2)16-9-11-18(12-10-16)25(23,24)21(14-13-19(20)22)17-7-5-4-6-8-17/h4-12,15H,3,13-14H2,1-2H3,(H2,20,22). The molecule has 0 bridgehead atoms. The first-order valence-electron chi connectivity index (χ1n) is 8.32. The maximum absolute atomic E-state index is 13.1. The van der Waals surface area contributed by atoms with Gasteiger partial charge in [-0.05, 0) is 42.2 Å². The average Bonchev–Trinajstić information content (AvgIpc) is 2.61. The largest absolute Gasteiger partial charge is 0.370 e. The highest BCUT2D eigenvalue weighted by Crippen LogP contribution is 2.26. The summed E-state index contributed by atoms with van der Waals surface area (Å²) < 4.78 is 27.4. The zero-order valence-electron chi connectivity index (χ0n) is 14.6. The Bertz CT molecular complexity index is 802. The van der Waals surface area contributed by atoms with E-state index < -0.39 is 15.9 Å². The summed E-state index contributed by atoms with van der Waals surface area (Å²) in [6, 6.07) is 15.7. The van der Waals surface area contributed by atoms with Gasteiger partial charge in [0.25, 0.3) is 10.0 Å². The monoisotopic (exact) mass is 360 g/mol. The summed E-state index contributed by atoms with van der Waals surface area (Å²) >= 11 is 0. The smallest absolute Gasteiger partial charge is 0.264 e. The molecule has 6 heteroatoms. The molecule has 0 spiro atoms. The van der Waals surface area contributed by atoms with E-state index in [1.165, 1.54) is 4.31 Å². The van der Waals surface area contributed by atoms with Crippen LogP contribution in [0.15, 0.2) is 59.5 Å². The highest BCUT2D eigenvalue weighted by molar-refractivity contribution is 7.92. The fraction of sp³-hybridized carbons (Fsp3) is 0.316. The minimum Gasteiger partial charge on any atom is -0.370 e. The van der Waals surface area contributed by atoms with Crippen LogP contribution in [0, 0.1) is 0 Å². The number of hydrogen-bond acceptors (Lipinski definition) is 3. The van der Waals surface area contributed by atoms with E-state index in [0.717, 1.165) is 12.0 Å². The maximum Gasteiger partial charge on any atom is 0.264 e. The molecule has 0 aliphatic rings. The number of anilines is 1. The van der Waals surface area contributed by atoms with Gasteiger partial charge in [-0.25, -0.2) is 8.42 Å². The maximum atomic E-state index is 13.1. The highest BCUT2D eigenvalue weighted by Gasteiger charge is 2.25. The van der Waals surface area contributed by atoms with Crippen molar-refractivity contribution in [3.63, 3.8) is 0 Å². The van der Waals surface area contributed by atoms with Gasteiger partial charge in [0.2, 0.25) is 5.91 Å². The van der Waals surface area contributed by atoms with Crippen molar-refractivity contribution in [1.82, 2.24) is 0 Å². The van der Waals surface area contributed by atoms with Gasteiger partial charge in [0.05, 0.1) is 10.6 Å². The van der Waals surface area contributed by atoms with Gasteiger partial charge in [0.1, 0.15) is 0 Å². The number of benzene rings is 2. The van der Waals surface area contributed by atoms with E-state index in [4.69, 9.17) is 5.73 Å². The summed E-state index contributed by atoms with van der Waals surface area (Å²) in [4.78, 5) is 11.4. The Balaban J connectivity index is 2.38. The van der Waals surface area contributed by atoms with E-state index in [0.29, 0.717) is 11.6 Å². The fourth-order valence-corrected chi connectivity index (χ4v) is 3.99. The van der Waals surface area contributed by atoms with Crippen molar-refractivity contribution in [3.8, 4) is 0 Å². The molecule has 0 fully saturated rings. The summed E-state index contributed by atoms with van der Waals surface area (Å²) in [6.07, 6.45) is 0.944. The van der Waals surface area contributed by atoms with Gasteiger partial charge in [-0.3, -0.25) is 9.10 Å². The van der Waals surface area contributed by atoms with Crippen LogP contribution in [-0.4, -0.2) is 20.9 Å². The van der Waals surface area contributed by atoms with Gasteiger partial charge >= 0.3 is 0 Å². The molecule has 25 heavy (non-hydrogen) atoms. The zero-order chi connectivity index (χ0) is 18.4. The molecule has 0 aliphatic carbocycles. The second kappa shape index (κ2) is 8.16. The lowest BCUT2D eigenvalue weighted by Gasteiger charge is -2.24. The molecule has 1 unspecified atom stereocenters. The van der Waals surface area contributed by atoms with Crippen LogP contribution in [0.2, 0.25) is 0 Å². The molecular weight excluding hydrogens is 336 g/mol. The molecule has 2 N–H and O–H groups in total. The molecule has 2 aromatic rings. The normalized spacial score (nSPS) is 12.6. The molecule has 0 radical (unpaired) electrons. The van der Waals surface area contributed by atoms with Crippen molar-refractivity contribution in [2.24, 2.45) is 5.73 Å². The van der Waals surface area contributed by atoms with Crippen molar-refractivity contribution >= 4 is 21.6 Å². The summed E-state index contributed by atoms with van der Waals surface area (Å²) in [5.41, 5.74) is 6.82. The van der Waals surface area contributed by atoms with E-state index in [1.54, 1.807) is 36.4 Å². The van der Waals surface area contributed by atoms with Crippen LogP contribution in [-0.2, 0) is 14.8 Å². The van der Waals surface area contributed by atoms with Gasteiger partial charge in [0, 0.05) is 13.0 Å². The van der Waals surface area contributed by atoms with Gasteiger partial charge in [-0.1, -0.05) is 44.2 Å². The van der Waals surface area contributed by atoms with Crippen LogP contribution < -0.4 is 10.0 Å². The van der Waals surface area contributed by atoms with Gasteiger partial charge in [0.15, 0.2) is 0 Å². The van der Waals surface area contributed by atoms with Crippen molar-refractivity contribution in [2.45, 2.75) is 37.5 Å². The van der Waals surface area contributed by atoms with Gasteiger partial charge in [-0.15, -0.1) is 0 Å². The number of carbonyl (C=O) groups excluding carboxylic acids is 1. The quantitative estimate of drug-likeness (QED) is 0.784. The number of nitrogens with zero attached hydrogens (tertiary/aromatic N) is 1. The number of hydrogen-bond donors (Lipinski definition) is 1. The fourth-order valence-electron chi connectivity index (χ4n) is 2.53. The van der Waals surface area contributed by atoms with E-state index in [9.17, 15) is 13.2 Å². The molecule has 1 atom stereocenters. The van der Waals surface area contributed by atoms with Crippen molar-refractivity contribution in [1.29, 1.82) is 0 Å². The van der Waals surface area contributed by atoms with Crippen LogP contribution in [0.1, 0.15) is 38.2 Å². The lowest BCUT2D eigenvalue weighted by molar-refractivity contribution is -0.117. The molecule has 2 aromatic carbocycles. The molecule has 0 heterocycles. The molecule has 0 aliphatic heterocycles. The van der Waals surface area contributed by atoms with E-state index in [-0.39, 0.29) is 17.9 Å². The van der Waals surface area contributed by atoms with Gasteiger partial charge in [-0.2, -0.15) is 0 Å². The molecule has 134 valence electrons. The number of para-hydroxylation sites is 1. The number of amides is 1. The first-order valence-corrected chi connectivity index (χ1v) is 9.76. The van der Waals surface area contributed by atoms with E-state index in [2.05, 4.69) is 13.8 Å². The Morgan fingerprint density at radius 3 is 2.20 bits per heavy atom.